The second kappa shape index (κ2) is 7.57. The van der Waals surface area contributed by atoms with E-state index in [1.54, 1.807) is 11.5 Å². The molecule has 0 saturated heterocycles. The number of imide groups is 1. The molecule has 1 atom stereocenters. The average molecular weight is 383 g/mol. The number of rotatable bonds is 4. The lowest BCUT2D eigenvalue weighted by Gasteiger charge is -2.17. The molecule has 9 heteroatoms. The molecule has 0 bridgehead atoms. The van der Waals surface area contributed by atoms with Crippen molar-refractivity contribution in [1.29, 1.82) is 0 Å². The van der Waals surface area contributed by atoms with Crippen LogP contribution in [0, 0.1) is 13.8 Å². The molecular weight excluding hydrogens is 360 g/mol. The maximum atomic E-state index is 13.0. The van der Waals surface area contributed by atoms with Crippen LogP contribution in [0.3, 0.4) is 0 Å². The molecule has 0 spiro atoms. The highest BCUT2D eigenvalue weighted by Crippen LogP contribution is 2.30. The van der Waals surface area contributed by atoms with Crippen molar-refractivity contribution >= 4 is 45.3 Å². The van der Waals surface area contributed by atoms with E-state index in [1.807, 2.05) is 27.7 Å². The van der Waals surface area contributed by atoms with Crippen LogP contribution in [0.5, 0.6) is 0 Å². The third-order valence-electron chi connectivity index (χ3n) is 3.83. The molecule has 0 unspecified atom stereocenters. The van der Waals surface area contributed by atoms with Crippen LogP contribution < -0.4 is 16.2 Å². The van der Waals surface area contributed by atoms with Crippen LogP contribution in [0.4, 0.5) is 4.79 Å². The van der Waals surface area contributed by atoms with E-state index in [2.05, 4.69) is 15.6 Å². The van der Waals surface area contributed by atoms with Gasteiger partial charge in [0, 0.05) is 18.0 Å². The topological polar surface area (TPSA) is 93.1 Å². The summed E-state index contributed by atoms with van der Waals surface area (Å²) in [6.45, 7) is 9.38. The zero-order chi connectivity index (χ0) is 18.9. The van der Waals surface area contributed by atoms with Gasteiger partial charge in [0.25, 0.3) is 5.56 Å². The van der Waals surface area contributed by atoms with E-state index in [0.717, 1.165) is 10.4 Å². The number of hydrogen-bond acceptors (Lipinski definition) is 6. The number of thiophene rings is 1. The van der Waals surface area contributed by atoms with Crippen molar-refractivity contribution in [2.45, 2.75) is 51.1 Å². The normalized spacial score (nSPS) is 12.4. The molecule has 0 radical (unpaired) electrons. The van der Waals surface area contributed by atoms with Gasteiger partial charge in [-0.25, -0.2) is 9.78 Å². The van der Waals surface area contributed by atoms with Crippen molar-refractivity contribution in [1.82, 2.24) is 20.2 Å². The Morgan fingerprint density at radius 1 is 1.24 bits per heavy atom. The molecule has 2 aromatic heterocycles. The van der Waals surface area contributed by atoms with E-state index < -0.39 is 17.2 Å². The predicted octanol–water partition coefficient (Wildman–Crippen LogP) is 2.59. The minimum Gasteiger partial charge on any atom is -0.341 e. The molecular formula is C16H22N4O3S2. The van der Waals surface area contributed by atoms with Gasteiger partial charge in [0.1, 0.15) is 4.83 Å². The highest BCUT2D eigenvalue weighted by atomic mass is 32.2. The second-order valence-corrected chi connectivity index (χ2v) is 8.47. The molecule has 2 N–H and O–H groups in total. The van der Waals surface area contributed by atoms with Gasteiger partial charge in [-0.1, -0.05) is 11.8 Å². The van der Waals surface area contributed by atoms with Crippen LogP contribution in [0.1, 0.15) is 37.3 Å². The van der Waals surface area contributed by atoms with Gasteiger partial charge in [-0.3, -0.25) is 19.5 Å². The van der Waals surface area contributed by atoms with Crippen molar-refractivity contribution in [3.63, 3.8) is 0 Å². The lowest BCUT2D eigenvalue weighted by atomic mass is 10.2. The van der Waals surface area contributed by atoms with Gasteiger partial charge in [0.05, 0.1) is 10.6 Å². The summed E-state index contributed by atoms with van der Waals surface area (Å²) in [4.78, 5) is 42.7. The lowest BCUT2D eigenvalue weighted by Crippen LogP contribution is -2.41. The van der Waals surface area contributed by atoms with E-state index in [1.165, 1.54) is 30.1 Å². The smallest absolute Gasteiger partial charge is 0.321 e. The first-order chi connectivity index (χ1) is 11.7. The molecule has 2 aromatic rings. The SMILES string of the molecule is CNC(=O)NC(=O)[C@H](C)Sc1nc2sc(C)c(C)c2c(=O)n1C(C)C. The molecule has 0 aliphatic carbocycles. The number of urea groups is 1. The van der Waals surface area contributed by atoms with Gasteiger partial charge in [-0.2, -0.15) is 0 Å². The Labute approximate surface area is 154 Å². The molecule has 25 heavy (non-hydrogen) atoms. The molecule has 0 aliphatic rings. The maximum absolute atomic E-state index is 13.0. The second-order valence-electron chi connectivity index (χ2n) is 5.96. The Hall–Kier alpha value is -1.87. The first-order valence-corrected chi connectivity index (χ1v) is 9.58. The van der Waals surface area contributed by atoms with Gasteiger partial charge >= 0.3 is 6.03 Å². The summed E-state index contributed by atoms with van der Waals surface area (Å²) in [5.74, 6) is -0.437. The number of carbonyl (C=O) groups excluding carboxylic acids is 2. The van der Waals surface area contributed by atoms with Gasteiger partial charge in [0.15, 0.2) is 5.16 Å². The molecule has 7 nitrogen and oxygen atoms in total. The number of carbonyl (C=O) groups is 2. The highest BCUT2D eigenvalue weighted by Gasteiger charge is 2.23. The van der Waals surface area contributed by atoms with Gasteiger partial charge in [-0.05, 0) is 40.2 Å². The Morgan fingerprint density at radius 3 is 2.44 bits per heavy atom. The van der Waals surface area contributed by atoms with E-state index >= 15 is 0 Å². The van der Waals surface area contributed by atoms with Gasteiger partial charge in [0.2, 0.25) is 5.91 Å². The zero-order valence-corrected chi connectivity index (χ0v) is 16.7. The quantitative estimate of drug-likeness (QED) is 0.626. The molecule has 0 fully saturated rings. The summed E-state index contributed by atoms with van der Waals surface area (Å²) >= 11 is 2.64. The molecule has 0 aromatic carbocycles. The van der Waals surface area contributed by atoms with E-state index in [-0.39, 0.29) is 11.6 Å². The van der Waals surface area contributed by atoms with E-state index in [9.17, 15) is 14.4 Å². The van der Waals surface area contributed by atoms with Crippen LogP contribution in [-0.4, -0.2) is 33.8 Å². The number of hydrogen-bond donors (Lipinski definition) is 2. The van der Waals surface area contributed by atoms with Gasteiger partial charge < -0.3 is 5.32 Å². The molecule has 2 heterocycles. The predicted molar refractivity (Wildman–Crippen MR) is 102 cm³/mol. The zero-order valence-electron chi connectivity index (χ0n) is 15.1. The standard InChI is InChI=1S/C16H22N4O3S2/c1-7(2)20-14(22)11-8(3)9(4)24-13(11)19-16(20)25-10(5)12(21)18-15(23)17-6/h7,10H,1-6H3,(H2,17,18,21,23)/t10-/m0/s1. The summed E-state index contributed by atoms with van der Waals surface area (Å²) in [7, 11) is 1.44. The number of thioether (sulfide) groups is 1. The Kier molecular flexibility index (Phi) is 5.89. The minimum atomic E-state index is -0.575. The van der Waals surface area contributed by atoms with Crippen molar-refractivity contribution < 1.29 is 9.59 Å². The summed E-state index contributed by atoms with van der Waals surface area (Å²) in [5.41, 5.74) is 0.858. The minimum absolute atomic E-state index is 0.0942. The monoisotopic (exact) mass is 382 g/mol. The molecule has 0 aliphatic heterocycles. The highest BCUT2D eigenvalue weighted by molar-refractivity contribution is 8.00. The van der Waals surface area contributed by atoms with Gasteiger partial charge in [-0.15, -0.1) is 11.3 Å². The van der Waals surface area contributed by atoms with Crippen LogP contribution in [-0.2, 0) is 4.79 Å². The molecule has 2 rings (SSSR count). The van der Waals surface area contributed by atoms with Crippen LogP contribution in [0.15, 0.2) is 9.95 Å². The fourth-order valence-electron chi connectivity index (χ4n) is 2.31. The first-order valence-electron chi connectivity index (χ1n) is 7.88. The van der Waals surface area contributed by atoms with Crippen molar-refractivity contribution in [3.8, 4) is 0 Å². The summed E-state index contributed by atoms with van der Waals surface area (Å²) in [5, 5.41) is 5.12. The van der Waals surface area contributed by atoms with E-state index in [0.29, 0.717) is 15.4 Å². The Balaban J connectivity index is 2.47. The largest absolute Gasteiger partial charge is 0.341 e. The summed E-state index contributed by atoms with van der Waals surface area (Å²) < 4.78 is 1.61. The number of aryl methyl sites for hydroxylation is 2. The lowest BCUT2D eigenvalue weighted by molar-refractivity contribution is -0.119. The van der Waals surface area contributed by atoms with Crippen LogP contribution in [0.25, 0.3) is 10.2 Å². The number of aromatic nitrogens is 2. The summed E-state index contributed by atoms with van der Waals surface area (Å²) in [6, 6.07) is -0.660. The number of nitrogens with one attached hydrogen (secondary N) is 2. The van der Waals surface area contributed by atoms with Crippen molar-refractivity contribution in [2.24, 2.45) is 0 Å². The summed E-state index contributed by atoms with van der Waals surface area (Å²) in [6.07, 6.45) is 0. The van der Waals surface area contributed by atoms with Crippen molar-refractivity contribution in [2.75, 3.05) is 7.05 Å². The molecule has 3 amide bonds. The van der Waals surface area contributed by atoms with Crippen LogP contribution in [0.2, 0.25) is 0 Å². The molecule has 136 valence electrons. The third kappa shape index (κ3) is 3.87. The molecule has 0 saturated carbocycles. The maximum Gasteiger partial charge on any atom is 0.321 e. The Bertz CT molecular complexity index is 886. The fraction of sp³-hybridized carbons (Fsp3) is 0.500. The van der Waals surface area contributed by atoms with Crippen molar-refractivity contribution in [3.05, 3.63) is 20.8 Å². The number of nitrogens with zero attached hydrogens (tertiary/aromatic N) is 2. The first kappa shape index (κ1) is 19.5. The van der Waals surface area contributed by atoms with Crippen LogP contribution >= 0.6 is 23.1 Å². The third-order valence-corrected chi connectivity index (χ3v) is 6.00. The average Bonchev–Trinajstić information content (AvgIpc) is 2.81. The number of fused-ring (bicyclic) bond motifs is 1. The van der Waals surface area contributed by atoms with E-state index in [4.69, 9.17) is 0 Å². The Morgan fingerprint density at radius 2 is 1.88 bits per heavy atom. The fourth-order valence-corrected chi connectivity index (χ4v) is 4.42. The number of amides is 3.